The van der Waals surface area contributed by atoms with E-state index in [1.54, 1.807) is 24.3 Å². The van der Waals surface area contributed by atoms with Crippen molar-refractivity contribution in [3.63, 3.8) is 0 Å². The molecule has 0 fully saturated rings. The highest BCUT2D eigenvalue weighted by Gasteiger charge is 2.03. The average Bonchev–Trinajstić information content (AvgIpc) is 2.16. The number of rotatable bonds is 1. The molecule has 70 valence electrons. The molecule has 2 nitrogen and oxygen atoms in total. The van der Waals surface area contributed by atoms with Crippen LogP contribution in [0.15, 0.2) is 36.4 Å². The maximum absolute atomic E-state index is 12.4. The smallest absolute Gasteiger partial charge is 0.332 e. The number of benzene rings is 2. The van der Waals surface area contributed by atoms with E-state index < -0.39 is 6.04 Å². The Kier molecular flexibility index (Phi) is 1.93. The lowest BCUT2D eigenvalue weighted by Gasteiger charge is -2.00. The van der Waals surface area contributed by atoms with Crippen molar-refractivity contribution in [1.29, 1.82) is 0 Å². The van der Waals surface area contributed by atoms with Gasteiger partial charge in [-0.05, 0) is 35.0 Å². The zero-order valence-corrected chi connectivity index (χ0v) is 7.33. The molecule has 0 radical (unpaired) electrons. The van der Waals surface area contributed by atoms with Crippen LogP contribution in [0.25, 0.3) is 10.8 Å². The summed E-state index contributed by atoms with van der Waals surface area (Å²) in [5.41, 5.74) is 6.30. The first-order chi connectivity index (χ1) is 6.66. The van der Waals surface area contributed by atoms with E-state index in [9.17, 15) is 9.18 Å². The lowest BCUT2D eigenvalue weighted by Crippen LogP contribution is -1.90. The number of halogens is 1. The summed E-state index contributed by atoms with van der Waals surface area (Å²) >= 11 is 0. The Morgan fingerprint density at radius 1 is 1.07 bits per heavy atom. The van der Waals surface area contributed by atoms with Crippen LogP contribution in [0, 0.1) is 0 Å². The van der Waals surface area contributed by atoms with Crippen LogP contribution in [-0.4, -0.2) is 6.04 Å². The molecule has 0 spiro atoms. The summed E-state index contributed by atoms with van der Waals surface area (Å²) in [4.78, 5) is 10.5. The summed E-state index contributed by atoms with van der Waals surface area (Å²) in [6.07, 6.45) is 0. The van der Waals surface area contributed by atoms with Gasteiger partial charge in [-0.3, -0.25) is 4.79 Å². The molecule has 0 unspecified atom stereocenters. The standard InChI is InChI=1S/C11H8FNO/c12-11(14)9-2-1-8-6-10(13)4-3-7(8)5-9/h1-6H,13H2. The van der Waals surface area contributed by atoms with Crippen LogP contribution < -0.4 is 5.73 Å². The molecule has 0 aliphatic rings. The minimum Gasteiger partial charge on any atom is -0.399 e. The van der Waals surface area contributed by atoms with Crippen molar-refractivity contribution in [2.45, 2.75) is 0 Å². The van der Waals surface area contributed by atoms with Crippen molar-refractivity contribution < 1.29 is 9.18 Å². The monoisotopic (exact) mass is 189 g/mol. The van der Waals surface area contributed by atoms with Gasteiger partial charge in [0, 0.05) is 5.69 Å². The Morgan fingerprint density at radius 2 is 1.71 bits per heavy atom. The third kappa shape index (κ3) is 1.44. The summed E-state index contributed by atoms with van der Waals surface area (Å²) in [5.74, 6) is 0. The fraction of sp³-hybridized carbons (Fsp3) is 0. The topological polar surface area (TPSA) is 43.1 Å². The number of anilines is 1. The first-order valence-electron chi connectivity index (χ1n) is 4.16. The van der Waals surface area contributed by atoms with E-state index in [4.69, 9.17) is 5.73 Å². The first kappa shape index (κ1) is 8.69. The van der Waals surface area contributed by atoms with Crippen molar-refractivity contribution in [3.05, 3.63) is 42.0 Å². The average molecular weight is 189 g/mol. The molecule has 14 heavy (non-hydrogen) atoms. The summed E-state index contributed by atoms with van der Waals surface area (Å²) in [6.45, 7) is 0. The van der Waals surface area contributed by atoms with Crippen molar-refractivity contribution in [3.8, 4) is 0 Å². The molecule has 0 atom stereocenters. The summed E-state index contributed by atoms with van der Waals surface area (Å²) in [7, 11) is 0. The molecule has 0 saturated heterocycles. The zero-order valence-electron chi connectivity index (χ0n) is 7.33. The Bertz CT molecular complexity index is 508. The second-order valence-corrected chi connectivity index (χ2v) is 3.10. The van der Waals surface area contributed by atoms with Crippen LogP contribution in [-0.2, 0) is 0 Å². The predicted molar refractivity (Wildman–Crippen MR) is 53.8 cm³/mol. The van der Waals surface area contributed by atoms with E-state index in [0.717, 1.165) is 10.8 Å². The van der Waals surface area contributed by atoms with Crippen molar-refractivity contribution >= 4 is 22.5 Å². The molecule has 0 amide bonds. The molecule has 3 heteroatoms. The van der Waals surface area contributed by atoms with Crippen molar-refractivity contribution in [2.75, 3.05) is 5.73 Å². The summed E-state index contributed by atoms with van der Waals surface area (Å²) in [6, 6.07) is 8.48. The molecule has 0 aliphatic carbocycles. The quantitative estimate of drug-likeness (QED) is 0.553. The van der Waals surface area contributed by atoms with Gasteiger partial charge >= 0.3 is 6.04 Å². The lowest BCUT2D eigenvalue weighted by molar-refractivity contribution is 0.0836. The second kappa shape index (κ2) is 3.10. The number of fused-ring (bicyclic) bond motifs is 1. The van der Waals surface area contributed by atoms with E-state index in [2.05, 4.69) is 0 Å². The van der Waals surface area contributed by atoms with E-state index in [1.807, 2.05) is 0 Å². The van der Waals surface area contributed by atoms with E-state index in [1.165, 1.54) is 12.1 Å². The maximum Gasteiger partial charge on any atom is 0.332 e. The zero-order chi connectivity index (χ0) is 10.1. The lowest BCUT2D eigenvalue weighted by atomic mass is 10.1. The third-order valence-corrected chi connectivity index (χ3v) is 2.09. The fourth-order valence-corrected chi connectivity index (χ4v) is 1.39. The number of nitrogen functional groups attached to an aromatic ring is 1. The second-order valence-electron chi connectivity index (χ2n) is 3.10. The molecular formula is C11H8FNO. The first-order valence-corrected chi connectivity index (χ1v) is 4.16. The van der Waals surface area contributed by atoms with Gasteiger partial charge in [0.05, 0.1) is 5.56 Å². The Morgan fingerprint density at radius 3 is 2.43 bits per heavy atom. The highest BCUT2D eigenvalue weighted by molar-refractivity contribution is 5.95. The van der Waals surface area contributed by atoms with Crippen LogP contribution in [0.2, 0.25) is 0 Å². The van der Waals surface area contributed by atoms with Gasteiger partial charge in [0.15, 0.2) is 0 Å². The Labute approximate surface area is 80.1 Å². The van der Waals surface area contributed by atoms with E-state index >= 15 is 0 Å². The van der Waals surface area contributed by atoms with Crippen LogP contribution in [0.1, 0.15) is 10.4 Å². The molecule has 2 rings (SSSR count). The SMILES string of the molecule is Nc1ccc2cc(C(=O)F)ccc2c1. The summed E-state index contributed by atoms with van der Waals surface area (Å²) in [5, 5.41) is 1.71. The molecule has 2 N–H and O–H groups in total. The number of carbonyl (C=O) groups excluding carboxylic acids is 1. The van der Waals surface area contributed by atoms with Crippen LogP contribution >= 0.6 is 0 Å². The predicted octanol–water partition coefficient (Wildman–Crippen LogP) is 2.53. The number of hydrogen-bond donors (Lipinski definition) is 1. The molecule has 0 bridgehead atoms. The van der Waals surface area contributed by atoms with E-state index in [0.29, 0.717) is 5.69 Å². The highest BCUT2D eigenvalue weighted by Crippen LogP contribution is 2.19. The Balaban J connectivity index is 2.67. The van der Waals surface area contributed by atoms with Gasteiger partial charge in [0.2, 0.25) is 0 Å². The van der Waals surface area contributed by atoms with Gasteiger partial charge in [-0.25, -0.2) is 0 Å². The highest BCUT2D eigenvalue weighted by atomic mass is 19.1. The molecule has 0 saturated carbocycles. The van der Waals surface area contributed by atoms with Gasteiger partial charge in [0.25, 0.3) is 0 Å². The molecular weight excluding hydrogens is 181 g/mol. The minimum atomic E-state index is -1.41. The Hall–Kier alpha value is -1.90. The van der Waals surface area contributed by atoms with Crippen LogP contribution in [0.3, 0.4) is 0 Å². The fourth-order valence-electron chi connectivity index (χ4n) is 1.39. The molecule has 2 aromatic rings. The van der Waals surface area contributed by atoms with Gasteiger partial charge in [-0.1, -0.05) is 12.1 Å². The van der Waals surface area contributed by atoms with Crippen LogP contribution in [0.4, 0.5) is 10.1 Å². The summed E-state index contributed by atoms with van der Waals surface area (Å²) < 4.78 is 12.4. The van der Waals surface area contributed by atoms with Gasteiger partial charge in [-0.15, -0.1) is 0 Å². The molecule has 0 heterocycles. The van der Waals surface area contributed by atoms with E-state index in [-0.39, 0.29) is 5.56 Å². The normalized spacial score (nSPS) is 10.4. The third-order valence-electron chi connectivity index (χ3n) is 2.09. The van der Waals surface area contributed by atoms with Crippen LogP contribution in [0.5, 0.6) is 0 Å². The van der Waals surface area contributed by atoms with Crippen molar-refractivity contribution in [2.24, 2.45) is 0 Å². The van der Waals surface area contributed by atoms with Crippen molar-refractivity contribution in [1.82, 2.24) is 0 Å². The van der Waals surface area contributed by atoms with Gasteiger partial charge in [-0.2, -0.15) is 4.39 Å². The minimum absolute atomic E-state index is 0.0715. The number of carbonyl (C=O) groups is 1. The number of hydrogen-bond acceptors (Lipinski definition) is 2. The number of nitrogens with two attached hydrogens (primary N) is 1. The van der Waals surface area contributed by atoms with Gasteiger partial charge in [0.1, 0.15) is 0 Å². The van der Waals surface area contributed by atoms with Gasteiger partial charge < -0.3 is 5.73 Å². The largest absolute Gasteiger partial charge is 0.399 e. The molecule has 0 aromatic heterocycles. The molecule has 2 aromatic carbocycles. The molecule has 0 aliphatic heterocycles. The maximum atomic E-state index is 12.4.